The molecule has 0 saturated carbocycles. The van der Waals surface area contributed by atoms with Crippen molar-refractivity contribution in [1.29, 1.82) is 0 Å². The van der Waals surface area contributed by atoms with Crippen molar-refractivity contribution in [2.75, 3.05) is 24.6 Å². The Hall–Kier alpha value is -3.59. The van der Waals surface area contributed by atoms with Gasteiger partial charge in [-0.1, -0.05) is 36.4 Å². The number of rotatable bonds is 9. The number of hydrogen-bond acceptors (Lipinski definition) is 5. The predicted molar refractivity (Wildman–Crippen MR) is 162 cm³/mol. The molecule has 38 heavy (non-hydrogen) atoms. The van der Waals surface area contributed by atoms with Gasteiger partial charge in [-0.15, -0.1) is 0 Å². The average Bonchev–Trinajstić information content (AvgIpc) is 3.48. The number of nitrogens with zero attached hydrogens (tertiary/aromatic N) is 2. The smallest absolute Gasteiger partial charge is 0.271 e. The number of benzene rings is 4. The molecule has 1 aliphatic rings. The van der Waals surface area contributed by atoms with Crippen molar-refractivity contribution >= 4 is 51.2 Å². The number of amides is 1. The van der Waals surface area contributed by atoms with Gasteiger partial charge in [0, 0.05) is 24.3 Å². The van der Waals surface area contributed by atoms with Gasteiger partial charge in [-0.05, 0) is 107 Å². The van der Waals surface area contributed by atoms with E-state index in [1.165, 1.54) is 23.6 Å². The highest BCUT2D eigenvalue weighted by Gasteiger charge is 2.14. The van der Waals surface area contributed by atoms with Crippen molar-refractivity contribution < 1.29 is 14.3 Å². The summed E-state index contributed by atoms with van der Waals surface area (Å²) in [7, 11) is 0. The molecule has 0 aliphatic carbocycles. The van der Waals surface area contributed by atoms with Crippen LogP contribution in [0.5, 0.6) is 11.5 Å². The van der Waals surface area contributed by atoms with Crippen LogP contribution in [-0.2, 0) is 6.61 Å². The largest absolute Gasteiger partial charge is 0.490 e. The zero-order chi connectivity index (χ0) is 26.3. The SMILES string of the molecule is CCOc1cc(/C=N\NC(=O)c2ccc(N3CCCC3)cc2)cc(I)c1OCc1ccc2ccccc2c1. The van der Waals surface area contributed by atoms with Crippen molar-refractivity contribution in [3.05, 3.63) is 99.1 Å². The fourth-order valence-electron chi connectivity index (χ4n) is 4.58. The van der Waals surface area contributed by atoms with Gasteiger partial charge in [0.05, 0.1) is 16.4 Å². The first-order valence-electron chi connectivity index (χ1n) is 12.9. The molecule has 0 unspecified atom stereocenters. The van der Waals surface area contributed by atoms with Gasteiger partial charge in [-0.2, -0.15) is 5.10 Å². The minimum atomic E-state index is -0.246. The molecule has 1 saturated heterocycles. The van der Waals surface area contributed by atoms with Crippen molar-refractivity contribution in [3.8, 4) is 11.5 Å². The molecule has 1 fully saturated rings. The lowest BCUT2D eigenvalue weighted by Gasteiger charge is -2.17. The lowest BCUT2D eigenvalue weighted by Crippen LogP contribution is -2.19. The van der Waals surface area contributed by atoms with E-state index in [0.717, 1.165) is 33.5 Å². The quantitative estimate of drug-likeness (QED) is 0.127. The van der Waals surface area contributed by atoms with Crippen LogP contribution in [0.15, 0.2) is 84.0 Å². The van der Waals surface area contributed by atoms with Crippen LogP contribution in [0.1, 0.15) is 41.3 Å². The molecule has 4 aromatic carbocycles. The molecular formula is C31H30IN3O3. The molecule has 1 amide bonds. The summed E-state index contributed by atoms with van der Waals surface area (Å²) in [6.45, 7) is 5.03. The maximum absolute atomic E-state index is 12.6. The lowest BCUT2D eigenvalue weighted by molar-refractivity contribution is 0.0955. The van der Waals surface area contributed by atoms with Gasteiger partial charge in [0.25, 0.3) is 5.91 Å². The zero-order valence-electron chi connectivity index (χ0n) is 21.3. The molecule has 5 rings (SSSR count). The maximum Gasteiger partial charge on any atom is 0.271 e. The van der Waals surface area contributed by atoms with Crippen LogP contribution in [0, 0.1) is 3.57 Å². The average molecular weight is 620 g/mol. The van der Waals surface area contributed by atoms with E-state index in [0.29, 0.717) is 30.3 Å². The van der Waals surface area contributed by atoms with Gasteiger partial charge >= 0.3 is 0 Å². The highest BCUT2D eigenvalue weighted by atomic mass is 127. The standard InChI is InChI=1S/C31H30IN3O3/c1-2-37-29-19-23(20-33-34-31(36)25-11-13-27(14-12-25)35-15-5-6-16-35)18-28(32)30(29)38-21-22-9-10-24-7-3-4-8-26(24)17-22/h3-4,7-14,17-20H,2,5-6,15-16,21H2,1H3,(H,34,36)/b33-20-. The van der Waals surface area contributed by atoms with Crippen LogP contribution in [0.25, 0.3) is 10.8 Å². The first-order valence-corrected chi connectivity index (χ1v) is 13.9. The van der Waals surface area contributed by atoms with E-state index in [2.05, 4.69) is 68.3 Å². The Kier molecular flexibility index (Phi) is 8.43. The summed E-state index contributed by atoms with van der Waals surface area (Å²) < 4.78 is 13.0. The lowest BCUT2D eigenvalue weighted by atomic mass is 10.1. The number of ether oxygens (including phenoxy) is 2. The third-order valence-corrected chi connectivity index (χ3v) is 7.31. The fourth-order valence-corrected chi connectivity index (χ4v) is 5.36. The number of carbonyl (C=O) groups excluding carboxylic acids is 1. The molecule has 6 nitrogen and oxygen atoms in total. The number of hydrogen-bond donors (Lipinski definition) is 1. The second kappa shape index (κ2) is 12.3. The highest BCUT2D eigenvalue weighted by molar-refractivity contribution is 14.1. The second-order valence-corrected chi connectivity index (χ2v) is 10.3. The van der Waals surface area contributed by atoms with Crippen LogP contribution in [0.2, 0.25) is 0 Å². The number of hydrazone groups is 1. The van der Waals surface area contributed by atoms with Crippen molar-refractivity contribution in [2.24, 2.45) is 5.10 Å². The van der Waals surface area contributed by atoms with E-state index in [-0.39, 0.29) is 5.91 Å². The number of fused-ring (bicyclic) bond motifs is 1. The number of nitrogens with one attached hydrogen (secondary N) is 1. The van der Waals surface area contributed by atoms with Crippen molar-refractivity contribution in [1.82, 2.24) is 5.43 Å². The topological polar surface area (TPSA) is 63.2 Å². The Balaban J connectivity index is 1.24. The summed E-state index contributed by atoms with van der Waals surface area (Å²) in [5.41, 5.74) is 6.25. The summed E-state index contributed by atoms with van der Waals surface area (Å²) in [5.74, 6) is 1.09. The normalized spacial score (nSPS) is 13.3. The van der Waals surface area contributed by atoms with E-state index >= 15 is 0 Å². The van der Waals surface area contributed by atoms with Crippen LogP contribution in [0.3, 0.4) is 0 Å². The monoisotopic (exact) mass is 619 g/mol. The van der Waals surface area contributed by atoms with E-state index in [4.69, 9.17) is 9.47 Å². The summed E-state index contributed by atoms with van der Waals surface area (Å²) in [4.78, 5) is 14.9. The molecule has 4 aromatic rings. The highest BCUT2D eigenvalue weighted by Crippen LogP contribution is 2.34. The second-order valence-electron chi connectivity index (χ2n) is 9.17. The predicted octanol–water partition coefficient (Wildman–Crippen LogP) is 6.79. The Morgan fingerprint density at radius 1 is 0.974 bits per heavy atom. The number of anilines is 1. The molecule has 0 spiro atoms. The Morgan fingerprint density at radius 2 is 1.74 bits per heavy atom. The van der Waals surface area contributed by atoms with E-state index in [9.17, 15) is 4.79 Å². The van der Waals surface area contributed by atoms with Crippen LogP contribution < -0.4 is 19.8 Å². The maximum atomic E-state index is 12.6. The number of carbonyl (C=O) groups is 1. The molecule has 0 radical (unpaired) electrons. The first kappa shape index (κ1) is 26.0. The van der Waals surface area contributed by atoms with Crippen molar-refractivity contribution in [3.63, 3.8) is 0 Å². The van der Waals surface area contributed by atoms with Crippen LogP contribution in [-0.4, -0.2) is 31.8 Å². The minimum Gasteiger partial charge on any atom is -0.490 e. The van der Waals surface area contributed by atoms with E-state index < -0.39 is 0 Å². The van der Waals surface area contributed by atoms with Gasteiger partial charge in [0.2, 0.25) is 0 Å². The molecule has 1 heterocycles. The van der Waals surface area contributed by atoms with Gasteiger partial charge in [-0.25, -0.2) is 5.43 Å². The third-order valence-electron chi connectivity index (χ3n) is 6.51. The van der Waals surface area contributed by atoms with Gasteiger partial charge in [0.15, 0.2) is 11.5 Å². The zero-order valence-corrected chi connectivity index (χ0v) is 23.5. The summed E-state index contributed by atoms with van der Waals surface area (Å²) in [5, 5.41) is 6.57. The number of halogens is 1. The van der Waals surface area contributed by atoms with Gasteiger partial charge < -0.3 is 14.4 Å². The molecule has 1 aliphatic heterocycles. The summed E-state index contributed by atoms with van der Waals surface area (Å²) in [6, 6.07) is 26.1. The van der Waals surface area contributed by atoms with Crippen LogP contribution in [0.4, 0.5) is 5.69 Å². The van der Waals surface area contributed by atoms with E-state index in [1.807, 2.05) is 55.5 Å². The molecule has 0 atom stereocenters. The molecule has 1 N–H and O–H groups in total. The van der Waals surface area contributed by atoms with Crippen LogP contribution >= 0.6 is 22.6 Å². The fraction of sp³-hybridized carbons (Fsp3) is 0.226. The minimum absolute atomic E-state index is 0.246. The summed E-state index contributed by atoms with van der Waals surface area (Å²) in [6.07, 6.45) is 4.06. The third kappa shape index (κ3) is 6.27. The molecule has 194 valence electrons. The Bertz CT molecular complexity index is 1450. The first-order chi connectivity index (χ1) is 18.6. The summed E-state index contributed by atoms with van der Waals surface area (Å²) >= 11 is 2.24. The molecular weight excluding hydrogens is 589 g/mol. The molecule has 0 bridgehead atoms. The molecule has 0 aromatic heterocycles. The van der Waals surface area contributed by atoms with Gasteiger partial charge in [0.1, 0.15) is 6.61 Å². The Labute approximate surface area is 236 Å². The van der Waals surface area contributed by atoms with Gasteiger partial charge in [-0.3, -0.25) is 4.79 Å². The molecule has 7 heteroatoms. The van der Waals surface area contributed by atoms with Crippen molar-refractivity contribution in [2.45, 2.75) is 26.4 Å². The van der Waals surface area contributed by atoms with E-state index in [1.54, 1.807) is 6.21 Å². The Morgan fingerprint density at radius 3 is 2.50 bits per heavy atom.